The third kappa shape index (κ3) is 2.30. The maximum Gasteiger partial charge on any atom is 0.272 e. The minimum atomic E-state index is -0.169. The Morgan fingerprint density at radius 3 is 2.88 bits per heavy atom. The monoisotopic (exact) mass is 279 g/mol. The van der Waals surface area contributed by atoms with Crippen LogP contribution in [0.2, 0.25) is 0 Å². The van der Waals surface area contributed by atoms with Crippen LogP contribution in [0.4, 0.5) is 5.69 Å². The fourth-order valence-corrected chi connectivity index (χ4v) is 1.72. The highest BCUT2D eigenvalue weighted by Crippen LogP contribution is 2.16. The van der Waals surface area contributed by atoms with Gasteiger partial charge in [0.1, 0.15) is 10.3 Å². The Labute approximate surface area is 101 Å². The lowest BCUT2D eigenvalue weighted by Gasteiger charge is -2.06. The first-order valence-corrected chi connectivity index (χ1v) is 5.54. The standard InChI is InChI=1S/C11H10BrN3O/c1-7-8(4-5-10(12)14-7)15-11(16)9-3-2-6-13-9/h2-6,13H,1H3,(H,15,16). The number of H-pyrrole nitrogens is 1. The Kier molecular flexibility index (Phi) is 3.05. The van der Waals surface area contributed by atoms with E-state index in [2.05, 4.69) is 31.2 Å². The molecule has 2 aromatic rings. The molecule has 2 N–H and O–H groups in total. The molecule has 5 heteroatoms. The zero-order chi connectivity index (χ0) is 11.5. The molecule has 0 aromatic carbocycles. The molecule has 1 amide bonds. The number of nitrogens with zero attached hydrogens (tertiary/aromatic N) is 1. The van der Waals surface area contributed by atoms with Gasteiger partial charge >= 0.3 is 0 Å². The lowest BCUT2D eigenvalue weighted by Crippen LogP contribution is -2.13. The SMILES string of the molecule is Cc1nc(Br)ccc1NC(=O)c1ccc[nH]1. The van der Waals surface area contributed by atoms with Crippen LogP contribution in [0.5, 0.6) is 0 Å². The number of halogens is 1. The van der Waals surface area contributed by atoms with Crippen LogP contribution in [0.25, 0.3) is 0 Å². The van der Waals surface area contributed by atoms with E-state index in [0.29, 0.717) is 11.4 Å². The average molecular weight is 280 g/mol. The van der Waals surface area contributed by atoms with E-state index in [1.54, 1.807) is 24.4 Å². The van der Waals surface area contributed by atoms with Crippen LogP contribution < -0.4 is 5.32 Å². The summed E-state index contributed by atoms with van der Waals surface area (Å²) in [6.45, 7) is 1.84. The van der Waals surface area contributed by atoms with Gasteiger partial charge in [0.2, 0.25) is 0 Å². The summed E-state index contributed by atoms with van der Waals surface area (Å²) in [5.74, 6) is -0.169. The van der Waals surface area contributed by atoms with E-state index >= 15 is 0 Å². The number of aromatic nitrogens is 2. The predicted octanol–water partition coefficient (Wildman–Crippen LogP) is 2.73. The van der Waals surface area contributed by atoms with Crippen molar-refractivity contribution >= 4 is 27.5 Å². The molecule has 2 rings (SSSR count). The Bertz CT molecular complexity index is 508. The van der Waals surface area contributed by atoms with Crippen molar-refractivity contribution in [3.63, 3.8) is 0 Å². The van der Waals surface area contributed by atoms with Crippen molar-refractivity contribution in [2.45, 2.75) is 6.92 Å². The number of carbonyl (C=O) groups is 1. The van der Waals surface area contributed by atoms with Gasteiger partial charge in [-0.25, -0.2) is 4.98 Å². The molecule has 0 unspecified atom stereocenters. The van der Waals surface area contributed by atoms with E-state index in [0.717, 1.165) is 10.3 Å². The molecule has 0 aliphatic heterocycles. The first-order valence-electron chi connectivity index (χ1n) is 4.75. The fraction of sp³-hybridized carbons (Fsp3) is 0.0909. The highest BCUT2D eigenvalue weighted by Gasteiger charge is 2.08. The summed E-state index contributed by atoms with van der Waals surface area (Å²) in [6, 6.07) is 7.10. The van der Waals surface area contributed by atoms with Crippen LogP contribution in [0.15, 0.2) is 35.1 Å². The van der Waals surface area contributed by atoms with Gasteiger partial charge in [-0.3, -0.25) is 4.79 Å². The van der Waals surface area contributed by atoms with Gasteiger partial charge in [-0.1, -0.05) is 0 Å². The van der Waals surface area contributed by atoms with Crippen molar-refractivity contribution in [3.05, 3.63) is 46.5 Å². The molecule has 0 aliphatic carbocycles. The van der Waals surface area contributed by atoms with Crippen molar-refractivity contribution in [2.24, 2.45) is 0 Å². The highest BCUT2D eigenvalue weighted by molar-refractivity contribution is 9.10. The molecule has 0 radical (unpaired) electrons. The van der Waals surface area contributed by atoms with Crippen molar-refractivity contribution in [1.29, 1.82) is 0 Å². The van der Waals surface area contributed by atoms with Gasteiger partial charge in [0.15, 0.2) is 0 Å². The summed E-state index contributed by atoms with van der Waals surface area (Å²) in [6.07, 6.45) is 1.71. The van der Waals surface area contributed by atoms with E-state index < -0.39 is 0 Å². The Morgan fingerprint density at radius 2 is 2.25 bits per heavy atom. The summed E-state index contributed by atoms with van der Waals surface area (Å²) < 4.78 is 0.753. The summed E-state index contributed by atoms with van der Waals surface area (Å²) in [5, 5.41) is 2.79. The lowest BCUT2D eigenvalue weighted by molar-refractivity contribution is 0.102. The Hall–Kier alpha value is -1.62. The second-order valence-corrected chi connectivity index (χ2v) is 4.12. The third-order valence-corrected chi connectivity index (χ3v) is 2.58. The summed E-state index contributed by atoms with van der Waals surface area (Å²) in [4.78, 5) is 18.8. The van der Waals surface area contributed by atoms with Crippen molar-refractivity contribution < 1.29 is 4.79 Å². The normalized spacial score (nSPS) is 10.1. The molecule has 0 bridgehead atoms. The van der Waals surface area contributed by atoms with Crippen LogP contribution >= 0.6 is 15.9 Å². The van der Waals surface area contributed by atoms with Crippen LogP contribution in [-0.2, 0) is 0 Å². The summed E-state index contributed by atoms with van der Waals surface area (Å²) in [7, 11) is 0. The van der Waals surface area contributed by atoms with E-state index in [4.69, 9.17) is 0 Å². The first-order chi connectivity index (χ1) is 7.66. The number of hydrogen-bond donors (Lipinski definition) is 2. The quantitative estimate of drug-likeness (QED) is 0.831. The lowest BCUT2D eigenvalue weighted by atomic mass is 10.3. The largest absolute Gasteiger partial charge is 0.357 e. The number of aryl methyl sites for hydroxylation is 1. The van der Waals surface area contributed by atoms with Gasteiger partial charge in [0, 0.05) is 6.20 Å². The topological polar surface area (TPSA) is 57.8 Å². The van der Waals surface area contributed by atoms with Crippen LogP contribution in [-0.4, -0.2) is 15.9 Å². The average Bonchev–Trinajstić information content (AvgIpc) is 2.75. The Morgan fingerprint density at radius 1 is 1.44 bits per heavy atom. The second kappa shape index (κ2) is 4.49. The maximum atomic E-state index is 11.7. The van der Waals surface area contributed by atoms with Crippen molar-refractivity contribution in [3.8, 4) is 0 Å². The molecule has 4 nitrogen and oxygen atoms in total. The summed E-state index contributed by atoms with van der Waals surface area (Å²) >= 11 is 3.27. The minimum absolute atomic E-state index is 0.169. The number of nitrogens with one attached hydrogen (secondary N) is 2. The predicted molar refractivity (Wildman–Crippen MR) is 65.4 cm³/mol. The molecular formula is C11H10BrN3O. The number of amides is 1. The zero-order valence-electron chi connectivity index (χ0n) is 8.62. The smallest absolute Gasteiger partial charge is 0.272 e. The minimum Gasteiger partial charge on any atom is -0.357 e. The van der Waals surface area contributed by atoms with Crippen molar-refractivity contribution in [1.82, 2.24) is 9.97 Å². The fourth-order valence-electron chi connectivity index (χ4n) is 1.32. The Balaban J connectivity index is 2.18. The number of pyridine rings is 1. The number of hydrogen-bond acceptors (Lipinski definition) is 2. The second-order valence-electron chi connectivity index (χ2n) is 3.30. The molecule has 0 saturated heterocycles. The van der Waals surface area contributed by atoms with E-state index in [-0.39, 0.29) is 5.91 Å². The van der Waals surface area contributed by atoms with Crippen LogP contribution in [0, 0.1) is 6.92 Å². The van der Waals surface area contributed by atoms with Crippen molar-refractivity contribution in [2.75, 3.05) is 5.32 Å². The zero-order valence-corrected chi connectivity index (χ0v) is 10.2. The molecular weight excluding hydrogens is 270 g/mol. The molecule has 0 atom stereocenters. The van der Waals surface area contributed by atoms with Gasteiger partial charge in [-0.15, -0.1) is 0 Å². The van der Waals surface area contributed by atoms with Gasteiger partial charge in [0.25, 0.3) is 5.91 Å². The van der Waals surface area contributed by atoms with Crippen LogP contribution in [0.1, 0.15) is 16.2 Å². The molecule has 82 valence electrons. The number of anilines is 1. The van der Waals surface area contributed by atoms with Crippen LogP contribution in [0.3, 0.4) is 0 Å². The number of carbonyl (C=O) groups excluding carboxylic acids is 1. The summed E-state index contributed by atoms with van der Waals surface area (Å²) in [5.41, 5.74) is 2.01. The number of aromatic amines is 1. The maximum absolute atomic E-state index is 11.7. The molecule has 2 aromatic heterocycles. The highest BCUT2D eigenvalue weighted by atomic mass is 79.9. The third-order valence-electron chi connectivity index (χ3n) is 2.14. The molecule has 0 saturated carbocycles. The molecule has 0 aliphatic rings. The molecule has 0 fully saturated rings. The molecule has 0 spiro atoms. The molecule has 16 heavy (non-hydrogen) atoms. The van der Waals surface area contributed by atoms with Gasteiger partial charge in [-0.05, 0) is 47.1 Å². The first kappa shape index (κ1) is 10.9. The van der Waals surface area contributed by atoms with E-state index in [1.165, 1.54) is 0 Å². The number of rotatable bonds is 2. The van der Waals surface area contributed by atoms with E-state index in [1.807, 2.05) is 13.0 Å². The van der Waals surface area contributed by atoms with Gasteiger partial charge < -0.3 is 10.3 Å². The van der Waals surface area contributed by atoms with Gasteiger partial charge in [-0.2, -0.15) is 0 Å². The van der Waals surface area contributed by atoms with E-state index in [9.17, 15) is 4.79 Å². The molecule has 2 heterocycles. The van der Waals surface area contributed by atoms with Gasteiger partial charge in [0.05, 0.1) is 11.4 Å².